The van der Waals surface area contributed by atoms with E-state index in [-0.39, 0.29) is 16.6 Å². The van der Waals surface area contributed by atoms with Crippen LogP contribution in [0.2, 0.25) is 0 Å². The fraction of sp³-hybridized carbons (Fsp3) is 0.367. The zero-order valence-corrected chi connectivity index (χ0v) is 23.7. The third kappa shape index (κ3) is 5.56. The molecule has 3 aromatic carbocycles. The first-order chi connectivity index (χ1) is 19.0. The van der Waals surface area contributed by atoms with Gasteiger partial charge in [0.05, 0.1) is 22.6 Å². The molecule has 0 aliphatic carbocycles. The monoisotopic (exact) mass is 566 g/mol. The van der Waals surface area contributed by atoms with E-state index in [1.807, 2.05) is 6.92 Å². The van der Waals surface area contributed by atoms with Crippen molar-refractivity contribution in [1.29, 1.82) is 0 Å². The number of amides is 1. The van der Waals surface area contributed by atoms with Crippen molar-refractivity contribution in [3.63, 3.8) is 0 Å². The molecule has 40 heavy (non-hydrogen) atoms. The van der Waals surface area contributed by atoms with Gasteiger partial charge in [0.25, 0.3) is 5.91 Å². The van der Waals surface area contributed by atoms with E-state index in [2.05, 4.69) is 14.9 Å². The summed E-state index contributed by atoms with van der Waals surface area (Å²) in [4.78, 5) is 17.5. The van der Waals surface area contributed by atoms with Crippen LogP contribution in [0.15, 0.2) is 71.6 Å². The van der Waals surface area contributed by atoms with E-state index in [1.165, 1.54) is 12.1 Å². The SMILES string of the molecule is CCc1ccc(S(=O)(=O)N[C@@H]2c3cc(C(=O)N4CCN(c5ccc(F)cc5)CC4)ccc3NC(C)(C)[C@H]2O)cc1. The summed E-state index contributed by atoms with van der Waals surface area (Å²) >= 11 is 0. The predicted octanol–water partition coefficient (Wildman–Crippen LogP) is 3.94. The molecule has 2 aliphatic heterocycles. The number of nitrogens with one attached hydrogen (secondary N) is 2. The van der Waals surface area contributed by atoms with E-state index in [1.54, 1.807) is 73.3 Å². The number of piperazine rings is 1. The number of halogens is 1. The Morgan fingerprint density at radius 2 is 1.68 bits per heavy atom. The number of hydrogen-bond acceptors (Lipinski definition) is 6. The van der Waals surface area contributed by atoms with Gasteiger partial charge in [0.1, 0.15) is 5.82 Å². The van der Waals surface area contributed by atoms with Gasteiger partial charge in [-0.05, 0) is 86.0 Å². The van der Waals surface area contributed by atoms with Gasteiger partial charge in [-0.25, -0.2) is 17.5 Å². The summed E-state index contributed by atoms with van der Waals surface area (Å²) in [5.41, 5.74) is 2.69. The van der Waals surface area contributed by atoms with Crippen LogP contribution in [-0.2, 0) is 16.4 Å². The summed E-state index contributed by atoms with van der Waals surface area (Å²) < 4.78 is 42.7. The first-order valence-electron chi connectivity index (χ1n) is 13.5. The van der Waals surface area contributed by atoms with E-state index < -0.39 is 27.7 Å². The average molecular weight is 567 g/mol. The van der Waals surface area contributed by atoms with Gasteiger partial charge in [0.15, 0.2) is 0 Å². The summed E-state index contributed by atoms with van der Waals surface area (Å²) in [5, 5.41) is 14.5. The average Bonchev–Trinajstić information content (AvgIpc) is 2.95. The molecular weight excluding hydrogens is 531 g/mol. The van der Waals surface area contributed by atoms with Gasteiger partial charge in [0, 0.05) is 43.1 Å². The lowest BCUT2D eigenvalue weighted by atomic mass is 9.82. The lowest BCUT2D eigenvalue weighted by Gasteiger charge is -2.43. The van der Waals surface area contributed by atoms with E-state index in [4.69, 9.17) is 0 Å². The number of hydrogen-bond donors (Lipinski definition) is 3. The summed E-state index contributed by atoms with van der Waals surface area (Å²) in [7, 11) is -3.96. The van der Waals surface area contributed by atoms with Crippen molar-refractivity contribution >= 4 is 27.3 Å². The minimum absolute atomic E-state index is 0.112. The van der Waals surface area contributed by atoms with E-state index in [0.717, 1.165) is 17.7 Å². The smallest absolute Gasteiger partial charge is 0.253 e. The van der Waals surface area contributed by atoms with Crippen molar-refractivity contribution in [2.75, 3.05) is 36.4 Å². The number of anilines is 2. The van der Waals surface area contributed by atoms with Crippen LogP contribution in [-0.4, -0.2) is 62.2 Å². The molecule has 212 valence electrons. The lowest BCUT2D eigenvalue weighted by molar-refractivity contribution is 0.0737. The summed E-state index contributed by atoms with van der Waals surface area (Å²) in [5.74, 6) is -0.458. The second-order valence-corrected chi connectivity index (χ2v) is 12.7. The Morgan fingerprint density at radius 3 is 2.30 bits per heavy atom. The second-order valence-electron chi connectivity index (χ2n) is 10.9. The van der Waals surface area contributed by atoms with Crippen LogP contribution < -0.4 is 14.9 Å². The predicted molar refractivity (Wildman–Crippen MR) is 154 cm³/mol. The molecule has 0 bridgehead atoms. The third-order valence-electron chi connectivity index (χ3n) is 7.83. The molecule has 0 aromatic heterocycles. The van der Waals surface area contributed by atoms with Gasteiger partial charge in [-0.3, -0.25) is 4.79 Å². The molecule has 2 atom stereocenters. The highest BCUT2D eigenvalue weighted by atomic mass is 32.2. The Morgan fingerprint density at radius 1 is 1.02 bits per heavy atom. The zero-order chi connectivity index (χ0) is 28.7. The molecule has 0 spiro atoms. The Kier molecular flexibility index (Phi) is 7.60. The molecule has 0 saturated carbocycles. The van der Waals surface area contributed by atoms with Crippen molar-refractivity contribution < 1.29 is 22.7 Å². The molecule has 8 nitrogen and oxygen atoms in total. The number of fused-ring (bicyclic) bond motifs is 1. The normalized spacial score (nSPS) is 20.5. The largest absolute Gasteiger partial charge is 0.389 e. The number of nitrogens with zero attached hydrogens (tertiary/aromatic N) is 2. The van der Waals surface area contributed by atoms with Crippen LogP contribution in [0, 0.1) is 5.82 Å². The molecule has 2 aliphatic rings. The second kappa shape index (κ2) is 10.8. The van der Waals surface area contributed by atoms with Crippen LogP contribution >= 0.6 is 0 Å². The summed E-state index contributed by atoms with van der Waals surface area (Å²) in [6.45, 7) is 7.80. The summed E-state index contributed by atoms with van der Waals surface area (Å²) in [6.07, 6.45) is -0.310. The highest BCUT2D eigenvalue weighted by Gasteiger charge is 2.43. The highest BCUT2D eigenvalue weighted by Crippen LogP contribution is 2.39. The molecule has 1 amide bonds. The number of aryl methyl sites for hydroxylation is 1. The minimum atomic E-state index is -3.96. The molecule has 3 N–H and O–H groups in total. The van der Waals surface area contributed by atoms with Crippen molar-refractivity contribution in [2.24, 2.45) is 0 Å². The van der Waals surface area contributed by atoms with Crippen LogP contribution in [0.4, 0.5) is 15.8 Å². The van der Waals surface area contributed by atoms with Crippen LogP contribution in [0.3, 0.4) is 0 Å². The van der Waals surface area contributed by atoms with Gasteiger partial charge >= 0.3 is 0 Å². The molecule has 5 rings (SSSR count). The maximum absolute atomic E-state index is 13.5. The van der Waals surface area contributed by atoms with Crippen molar-refractivity contribution in [3.8, 4) is 0 Å². The van der Waals surface area contributed by atoms with Crippen molar-refractivity contribution in [1.82, 2.24) is 9.62 Å². The Balaban J connectivity index is 1.38. The maximum Gasteiger partial charge on any atom is 0.253 e. The number of benzene rings is 3. The number of carbonyl (C=O) groups excluding carboxylic acids is 1. The number of aliphatic hydroxyl groups is 1. The molecular formula is C30H35FN4O4S. The van der Waals surface area contributed by atoms with E-state index in [0.29, 0.717) is 43.0 Å². The molecule has 3 aromatic rings. The molecule has 2 heterocycles. The third-order valence-corrected chi connectivity index (χ3v) is 9.29. The lowest BCUT2D eigenvalue weighted by Crippen LogP contribution is -2.54. The minimum Gasteiger partial charge on any atom is -0.389 e. The van der Waals surface area contributed by atoms with Gasteiger partial charge < -0.3 is 20.2 Å². The molecule has 1 fully saturated rings. The number of aliphatic hydroxyl groups excluding tert-OH is 1. The first kappa shape index (κ1) is 28.1. The fourth-order valence-corrected chi connectivity index (χ4v) is 6.56. The topological polar surface area (TPSA) is 102 Å². The molecule has 0 unspecified atom stereocenters. The van der Waals surface area contributed by atoms with Crippen molar-refractivity contribution in [3.05, 3.63) is 89.2 Å². The Hall–Kier alpha value is -3.47. The van der Waals surface area contributed by atoms with Crippen LogP contribution in [0.25, 0.3) is 0 Å². The molecule has 0 radical (unpaired) electrons. The van der Waals surface area contributed by atoms with Gasteiger partial charge in [-0.1, -0.05) is 19.1 Å². The molecule has 10 heteroatoms. The number of carbonyl (C=O) groups is 1. The highest BCUT2D eigenvalue weighted by molar-refractivity contribution is 7.89. The van der Waals surface area contributed by atoms with Crippen molar-refractivity contribution in [2.45, 2.75) is 49.8 Å². The number of rotatable bonds is 6. The molecule has 1 saturated heterocycles. The van der Waals surface area contributed by atoms with Gasteiger partial charge in [-0.15, -0.1) is 0 Å². The van der Waals surface area contributed by atoms with Crippen LogP contribution in [0.1, 0.15) is 48.3 Å². The van der Waals surface area contributed by atoms with Gasteiger partial charge in [-0.2, -0.15) is 0 Å². The first-order valence-corrected chi connectivity index (χ1v) is 15.0. The summed E-state index contributed by atoms with van der Waals surface area (Å²) in [6, 6.07) is 17.2. The maximum atomic E-state index is 13.5. The van der Waals surface area contributed by atoms with E-state index >= 15 is 0 Å². The quantitative estimate of drug-likeness (QED) is 0.418. The Bertz CT molecular complexity index is 1490. The van der Waals surface area contributed by atoms with Crippen LogP contribution in [0.5, 0.6) is 0 Å². The standard InChI is InChI=1S/C30H35FN4O4S/c1-4-20-5-12-24(13-6-20)40(38,39)33-27-25-19-21(7-14-26(25)32-30(2,3)28(27)36)29(37)35-17-15-34(16-18-35)23-10-8-22(31)9-11-23/h5-14,19,27-28,32-33,36H,4,15-18H2,1-3H3/t27-,28+/m1/s1. The Labute approximate surface area is 234 Å². The fourth-order valence-electron chi connectivity index (χ4n) is 5.34. The van der Waals surface area contributed by atoms with Gasteiger partial charge in [0.2, 0.25) is 10.0 Å². The zero-order valence-electron chi connectivity index (χ0n) is 22.9. The van der Waals surface area contributed by atoms with E-state index in [9.17, 15) is 22.7 Å². The number of sulfonamides is 1.